The molecule has 0 saturated carbocycles. The van der Waals surface area contributed by atoms with E-state index in [4.69, 9.17) is 9.84 Å². The van der Waals surface area contributed by atoms with E-state index >= 15 is 0 Å². The maximum Gasteiger partial charge on any atom is 0.303 e. The van der Waals surface area contributed by atoms with Crippen LogP contribution in [-0.2, 0) is 16.0 Å². The lowest BCUT2D eigenvalue weighted by molar-refractivity contribution is -0.137. The van der Waals surface area contributed by atoms with Crippen LogP contribution in [0.4, 0.5) is 0 Å². The van der Waals surface area contributed by atoms with Crippen molar-refractivity contribution in [3.05, 3.63) is 29.3 Å². The molecule has 0 spiro atoms. The van der Waals surface area contributed by atoms with Crippen LogP contribution in [-0.4, -0.2) is 29.6 Å². The van der Waals surface area contributed by atoms with Crippen molar-refractivity contribution in [2.45, 2.75) is 45.6 Å². The lowest BCUT2D eigenvalue weighted by Gasteiger charge is -2.26. The van der Waals surface area contributed by atoms with Gasteiger partial charge in [-0.05, 0) is 33.3 Å². The quantitative estimate of drug-likeness (QED) is 0.809. The number of ether oxygens (including phenoxy) is 1. The van der Waals surface area contributed by atoms with Crippen LogP contribution in [0.15, 0.2) is 18.2 Å². The van der Waals surface area contributed by atoms with Gasteiger partial charge in [-0.2, -0.15) is 0 Å². The number of carbonyl (C=O) groups is 2. The number of nitrogens with one attached hydrogen (secondary N) is 1. The van der Waals surface area contributed by atoms with Crippen molar-refractivity contribution >= 4 is 11.9 Å². The van der Waals surface area contributed by atoms with Gasteiger partial charge in [0.1, 0.15) is 5.75 Å². The number of carboxylic acid groups (broad SMARTS) is 1. The van der Waals surface area contributed by atoms with E-state index < -0.39 is 11.5 Å². The Morgan fingerprint density at radius 1 is 1.33 bits per heavy atom. The van der Waals surface area contributed by atoms with Gasteiger partial charge in [-0.3, -0.25) is 9.59 Å². The average molecular weight is 293 g/mol. The highest BCUT2D eigenvalue weighted by molar-refractivity contribution is 5.80. The SMILES string of the molecule is COc1ccc(C)cc1CC(=O)NC(C)(C)CCC(=O)O. The second-order valence-corrected chi connectivity index (χ2v) is 5.82. The zero-order chi connectivity index (χ0) is 16.0. The third-order valence-corrected chi connectivity index (χ3v) is 3.23. The van der Waals surface area contributed by atoms with Crippen LogP contribution >= 0.6 is 0 Å². The number of hydrogen-bond acceptors (Lipinski definition) is 3. The Morgan fingerprint density at radius 3 is 2.57 bits per heavy atom. The molecule has 0 aliphatic rings. The number of rotatable bonds is 7. The number of hydrogen-bond donors (Lipinski definition) is 2. The van der Waals surface area contributed by atoms with Crippen LogP contribution < -0.4 is 10.1 Å². The number of carboxylic acids is 1. The molecular weight excluding hydrogens is 270 g/mol. The fourth-order valence-electron chi connectivity index (χ4n) is 2.12. The molecular formula is C16H23NO4. The molecule has 5 nitrogen and oxygen atoms in total. The molecule has 5 heteroatoms. The van der Waals surface area contributed by atoms with Crippen LogP contribution in [0.25, 0.3) is 0 Å². The molecule has 1 amide bonds. The molecule has 0 aliphatic carbocycles. The van der Waals surface area contributed by atoms with E-state index in [9.17, 15) is 9.59 Å². The molecule has 0 atom stereocenters. The highest BCUT2D eigenvalue weighted by Gasteiger charge is 2.22. The lowest BCUT2D eigenvalue weighted by atomic mass is 9.97. The Labute approximate surface area is 125 Å². The van der Waals surface area contributed by atoms with Crippen LogP contribution in [0.1, 0.15) is 37.8 Å². The van der Waals surface area contributed by atoms with Gasteiger partial charge in [0.2, 0.25) is 5.91 Å². The van der Waals surface area contributed by atoms with Gasteiger partial charge in [0.05, 0.1) is 13.5 Å². The number of aryl methyl sites for hydroxylation is 1. The first kappa shape index (κ1) is 17.0. The lowest BCUT2D eigenvalue weighted by Crippen LogP contribution is -2.44. The molecule has 0 bridgehead atoms. The monoisotopic (exact) mass is 293 g/mol. The molecule has 1 aromatic carbocycles. The molecule has 116 valence electrons. The van der Waals surface area contributed by atoms with Crippen LogP contribution in [0.2, 0.25) is 0 Å². The summed E-state index contributed by atoms with van der Waals surface area (Å²) in [6.45, 7) is 5.60. The molecule has 0 unspecified atom stereocenters. The van der Waals surface area contributed by atoms with Gasteiger partial charge in [-0.15, -0.1) is 0 Å². The van der Waals surface area contributed by atoms with Gasteiger partial charge < -0.3 is 15.2 Å². The normalized spacial score (nSPS) is 11.0. The molecule has 0 aliphatic heterocycles. The maximum atomic E-state index is 12.1. The summed E-state index contributed by atoms with van der Waals surface area (Å²) < 4.78 is 5.25. The van der Waals surface area contributed by atoms with Gasteiger partial charge in [-0.25, -0.2) is 0 Å². The summed E-state index contributed by atoms with van der Waals surface area (Å²) in [5.41, 5.74) is 1.33. The highest BCUT2D eigenvalue weighted by Crippen LogP contribution is 2.20. The average Bonchev–Trinajstić information content (AvgIpc) is 2.36. The minimum atomic E-state index is -0.863. The zero-order valence-electron chi connectivity index (χ0n) is 13.0. The van der Waals surface area contributed by atoms with Gasteiger partial charge in [0, 0.05) is 17.5 Å². The minimum absolute atomic E-state index is 0.0288. The summed E-state index contributed by atoms with van der Waals surface area (Å²) in [5, 5.41) is 11.6. The summed E-state index contributed by atoms with van der Waals surface area (Å²) in [5.74, 6) is -0.328. The van der Waals surface area contributed by atoms with E-state index in [1.54, 1.807) is 7.11 Å². The number of aliphatic carboxylic acids is 1. The van der Waals surface area contributed by atoms with Crippen LogP contribution in [0, 0.1) is 6.92 Å². The summed E-state index contributed by atoms with van der Waals surface area (Å²) in [6.07, 6.45) is 0.626. The number of amides is 1. The molecule has 0 heterocycles. The largest absolute Gasteiger partial charge is 0.496 e. The Morgan fingerprint density at radius 2 is 2.00 bits per heavy atom. The minimum Gasteiger partial charge on any atom is -0.496 e. The van der Waals surface area contributed by atoms with E-state index in [0.717, 1.165) is 11.1 Å². The van der Waals surface area contributed by atoms with Crippen molar-refractivity contribution < 1.29 is 19.4 Å². The summed E-state index contributed by atoms with van der Waals surface area (Å²) in [4.78, 5) is 22.8. The molecule has 0 fully saturated rings. The predicted octanol–water partition coefficient (Wildman–Crippen LogP) is 2.31. The molecule has 0 radical (unpaired) electrons. The van der Waals surface area contributed by atoms with Gasteiger partial charge >= 0.3 is 5.97 Å². The second kappa shape index (κ2) is 7.11. The fraction of sp³-hybridized carbons (Fsp3) is 0.500. The standard InChI is InChI=1S/C16H23NO4/c1-11-5-6-13(21-4)12(9-11)10-14(18)17-16(2,3)8-7-15(19)20/h5-6,9H,7-8,10H2,1-4H3,(H,17,18)(H,19,20). The van der Waals surface area contributed by atoms with E-state index in [0.29, 0.717) is 12.2 Å². The van der Waals surface area contributed by atoms with E-state index in [1.165, 1.54) is 0 Å². The van der Waals surface area contributed by atoms with Crippen LogP contribution in [0.5, 0.6) is 5.75 Å². The Hall–Kier alpha value is -2.04. The van der Waals surface area contributed by atoms with Gasteiger partial charge in [0.15, 0.2) is 0 Å². The van der Waals surface area contributed by atoms with Crippen LogP contribution in [0.3, 0.4) is 0 Å². The van der Waals surface area contributed by atoms with E-state index in [-0.39, 0.29) is 18.7 Å². The summed E-state index contributed by atoms with van der Waals surface area (Å²) in [7, 11) is 1.57. The number of carbonyl (C=O) groups excluding carboxylic acids is 1. The number of methoxy groups -OCH3 is 1. The summed E-state index contributed by atoms with van der Waals surface area (Å²) >= 11 is 0. The first-order valence-electron chi connectivity index (χ1n) is 6.90. The second-order valence-electron chi connectivity index (χ2n) is 5.82. The topological polar surface area (TPSA) is 75.6 Å². The van der Waals surface area contributed by atoms with Crippen molar-refractivity contribution in [2.75, 3.05) is 7.11 Å². The Bertz CT molecular complexity index is 523. The van der Waals surface area contributed by atoms with Gasteiger partial charge in [-0.1, -0.05) is 17.7 Å². The third kappa shape index (κ3) is 5.85. The first-order valence-corrected chi connectivity index (χ1v) is 6.90. The molecule has 0 saturated heterocycles. The summed E-state index contributed by atoms with van der Waals surface area (Å²) in [6, 6.07) is 5.69. The third-order valence-electron chi connectivity index (χ3n) is 3.23. The van der Waals surface area contributed by atoms with E-state index in [1.807, 2.05) is 39.0 Å². The molecule has 1 aromatic rings. The maximum absolute atomic E-state index is 12.1. The zero-order valence-corrected chi connectivity index (χ0v) is 13.0. The van der Waals surface area contributed by atoms with Crippen molar-refractivity contribution in [1.82, 2.24) is 5.32 Å². The highest BCUT2D eigenvalue weighted by atomic mass is 16.5. The Balaban J connectivity index is 2.69. The van der Waals surface area contributed by atoms with Crippen molar-refractivity contribution in [3.8, 4) is 5.75 Å². The first-order chi connectivity index (χ1) is 9.73. The van der Waals surface area contributed by atoms with E-state index in [2.05, 4.69) is 5.32 Å². The fourth-order valence-corrected chi connectivity index (χ4v) is 2.12. The Kier molecular flexibility index (Phi) is 5.76. The predicted molar refractivity (Wildman–Crippen MR) is 80.5 cm³/mol. The molecule has 0 aromatic heterocycles. The van der Waals surface area contributed by atoms with Gasteiger partial charge in [0.25, 0.3) is 0 Å². The number of benzene rings is 1. The van der Waals surface area contributed by atoms with Crippen molar-refractivity contribution in [1.29, 1.82) is 0 Å². The molecule has 21 heavy (non-hydrogen) atoms. The smallest absolute Gasteiger partial charge is 0.303 e. The van der Waals surface area contributed by atoms with Crippen molar-refractivity contribution in [3.63, 3.8) is 0 Å². The molecule has 1 rings (SSSR count). The van der Waals surface area contributed by atoms with Crippen molar-refractivity contribution in [2.24, 2.45) is 0 Å². The molecule has 2 N–H and O–H groups in total.